The Balaban J connectivity index is 2.34. The van der Waals surface area contributed by atoms with E-state index in [1.807, 2.05) is 36.0 Å². The first-order valence-corrected chi connectivity index (χ1v) is 6.57. The van der Waals surface area contributed by atoms with Gasteiger partial charge in [0.25, 0.3) is 0 Å². The normalized spacial score (nSPS) is 32.1. The van der Waals surface area contributed by atoms with E-state index in [9.17, 15) is 5.11 Å². The average molecular weight is 273 g/mol. The fourth-order valence-corrected chi connectivity index (χ4v) is 3.43. The van der Waals surface area contributed by atoms with E-state index >= 15 is 0 Å². The molecule has 0 aliphatic carbocycles. The maximum atomic E-state index is 10.5. The third-order valence-electron chi connectivity index (χ3n) is 2.87. The van der Waals surface area contributed by atoms with Gasteiger partial charge in [-0.25, -0.2) is 0 Å². The van der Waals surface area contributed by atoms with Crippen LogP contribution in [-0.2, 0) is 5.60 Å². The van der Waals surface area contributed by atoms with Crippen molar-refractivity contribution in [1.29, 1.82) is 0 Å². The van der Waals surface area contributed by atoms with Crippen LogP contribution in [0.1, 0.15) is 18.9 Å². The molecule has 1 nitrogen and oxygen atoms in total. The van der Waals surface area contributed by atoms with E-state index in [0.29, 0.717) is 5.25 Å². The summed E-state index contributed by atoms with van der Waals surface area (Å²) in [6, 6.07) is 7.99. The third-order valence-corrected chi connectivity index (χ3v) is 4.73. The Hall–Kier alpha value is 0.01000. The van der Waals surface area contributed by atoms with Crippen LogP contribution in [0.2, 0.25) is 0 Å². The smallest absolute Gasteiger partial charge is 0.102 e. The van der Waals surface area contributed by atoms with Crippen LogP contribution in [0.5, 0.6) is 0 Å². The van der Waals surface area contributed by atoms with Crippen molar-refractivity contribution in [1.82, 2.24) is 0 Å². The van der Waals surface area contributed by atoms with E-state index in [1.54, 1.807) is 0 Å². The molecule has 0 bridgehead atoms. The van der Waals surface area contributed by atoms with Gasteiger partial charge in [0, 0.05) is 9.72 Å². The molecule has 1 aliphatic heterocycles. The van der Waals surface area contributed by atoms with Crippen LogP contribution in [-0.4, -0.2) is 16.1 Å². The highest BCUT2D eigenvalue weighted by Crippen LogP contribution is 2.43. The van der Waals surface area contributed by atoms with Crippen molar-refractivity contribution >= 4 is 27.7 Å². The fraction of sp³-hybridized carbons (Fsp3) is 0.455. The van der Waals surface area contributed by atoms with Crippen LogP contribution in [0.4, 0.5) is 0 Å². The summed E-state index contributed by atoms with van der Waals surface area (Å²) >= 11 is 5.24. The zero-order valence-electron chi connectivity index (χ0n) is 8.03. The first-order valence-electron chi connectivity index (χ1n) is 4.73. The molecule has 1 fully saturated rings. The molecule has 1 aromatic rings. The summed E-state index contributed by atoms with van der Waals surface area (Å²) in [5.74, 6) is 1.05. The molecule has 0 saturated carbocycles. The maximum Gasteiger partial charge on any atom is 0.102 e. The molecule has 0 aromatic heterocycles. The van der Waals surface area contributed by atoms with Crippen molar-refractivity contribution < 1.29 is 5.11 Å². The number of hydrogen-bond donors (Lipinski definition) is 1. The second-order valence-corrected chi connectivity index (χ2v) is 6.06. The molecule has 0 amide bonds. The van der Waals surface area contributed by atoms with Gasteiger partial charge in [-0.05, 0) is 29.9 Å². The molecule has 0 radical (unpaired) electrons. The molecular formula is C11H13BrOS. The minimum atomic E-state index is -0.620. The summed E-state index contributed by atoms with van der Waals surface area (Å²) in [6.07, 6.45) is 0.862. The minimum absolute atomic E-state index is 0.295. The van der Waals surface area contributed by atoms with Gasteiger partial charge in [0.1, 0.15) is 5.60 Å². The summed E-state index contributed by atoms with van der Waals surface area (Å²) in [5.41, 5.74) is 0.420. The highest BCUT2D eigenvalue weighted by molar-refractivity contribution is 9.10. The maximum absolute atomic E-state index is 10.5. The van der Waals surface area contributed by atoms with Gasteiger partial charge in [0.2, 0.25) is 0 Å². The van der Waals surface area contributed by atoms with Crippen molar-refractivity contribution in [2.45, 2.75) is 24.2 Å². The van der Waals surface area contributed by atoms with Crippen LogP contribution < -0.4 is 0 Å². The van der Waals surface area contributed by atoms with Gasteiger partial charge in [0.05, 0.1) is 0 Å². The minimum Gasteiger partial charge on any atom is -0.384 e. The molecule has 0 spiro atoms. The number of benzene rings is 1. The second-order valence-electron chi connectivity index (χ2n) is 3.69. The molecule has 1 saturated heterocycles. The topological polar surface area (TPSA) is 20.2 Å². The lowest BCUT2D eigenvalue weighted by atomic mass is 9.89. The second kappa shape index (κ2) is 3.87. The van der Waals surface area contributed by atoms with Gasteiger partial charge >= 0.3 is 0 Å². The van der Waals surface area contributed by atoms with Crippen molar-refractivity contribution in [3.05, 3.63) is 34.3 Å². The molecule has 1 aliphatic rings. The number of halogens is 1. The van der Waals surface area contributed by atoms with E-state index in [2.05, 4.69) is 22.9 Å². The Kier molecular flexibility index (Phi) is 2.91. The van der Waals surface area contributed by atoms with E-state index < -0.39 is 5.60 Å². The zero-order valence-corrected chi connectivity index (χ0v) is 10.4. The summed E-state index contributed by atoms with van der Waals surface area (Å²) < 4.78 is 1.06. The van der Waals surface area contributed by atoms with Gasteiger partial charge < -0.3 is 5.11 Å². The van der Waals surface area contributed by atoms with E-state index in [-0.39, 0.29) is 0 Å². The Labute approximate surface area is 97.0 Å². The Bertz CT molecular complexity index is 325. The van der Waals surface area contributed by atoms with Crippen LogP contribution in [0.15, 0.2) is 28.7 Å². The average Bonchev–Trinajstić information content (AvgIpc) is 2.49. The fourth-order valence-electron chi connectivity index (χ4n) is 1.85. The monoisotopic (exact) mass is 272 g/mol. The number of rotatable bonds is 1. The quantitative estimate of drug-likeness (QED) is 0.848. The van der Waals surface area contributed by atoms with Gasteiger partial charge in [0.15, 0.2) is 0 Å². The number of thioether (sulfide) groups is 1. The summed E-state index contributed by atoms with van der Waals surface area (Å²) in [7, 11) is 0. The predicted octanol–water partition coefficient (Wildman–Crippen LogP) is 3.16. The highest BCUT2D eigenvalue weighted by atomic mass is 79.9. The zero-order chi connectivity index (χ0) is 10.2. The van der Waals surface area contributed by atoms with Gasteiger partial charge in [-0.2, -0.15) is 11.8 Å². The Morgan fingerprint density at radius 2 is 2.07 bits per heavy atom. The molecule has 1 heterocycles. The van der Waals surface area contributed by atoms with E-state index in [1.165, 1.54) is 0 Å². The summed E-state index contributed by atoms with van der Waals surface area (Å²) in [4.78, 5) is 0. The van der Waals surface area contributed by atoms with Gasteiger partial charge in [-0.15, -0.1) is 0 Å². The lowest BCUT2D eigenvalue weighted by Crippen LogP contribution is -2.31. The number of hydrogen-bond acceptors (Lipinski definition) is 2. The first-order chi connectivity index (χ1) is 6.63. The van der Waals surface area contributed by atoms with Crippen LogP contribution in [0.3, 0.4) is 0 Å². The molecule has 2 rings (SSSR count). The molecule has 3 heteroatoms. The lowest BCUT2D eigenvalue weighted by Gasteiger charge is -2.27. The Morgan fingerprint density at radius 1 is 1.43 bits per heavy atom. The number of aliphatic hydroxyl groups is 1. The van der Waals surface area contributed by atoms with Crippen LogP contribution in [0.25, 0.3) is 0 Å². The largest absolute Gasteiger partial charge is 0.384 e. The molecule has 2 atom stereocenters. The first kappa shape index (κ1) is 10.5. The van der Waals surface area contributed by atoms with Crippen LogP contribution >= 0.6 is 27.7 Å². The van der Waals surface area contributed by atoms with Gasteiger partial charge in [-0.3, -0.25) is 0 Å². The SMILES string of the molecule is C[C@@H]1SCC[C@@]1(O)c1ccc(Br)cc1. The van der Waals surface area contributed by atoms with Crippen molar-refractivity contribution in [3.63, 3.8) is 0 Å². The molecule has 14 heavy (non-hydrogen) atoms. The summed E-state index contributed by atoms with van der Waals surface area (Å²) in [6.45, 7) is 2.10. The third kappa shape index (κ3) is 1.73. The molecular weight excluding hydrogens is 260 g/mol. The standard InChI is InChI=1S/C11H13BrOS/c1-8-11(13,6-7-14-8)9-2-4-10(12)5-3-9/h2-5,8,13H,6-7H2,1H3/t8-,11-/m0/s1. The van der Waals surface area contributed by atoms with E-state index in [0.717, 1.165) is 22.2 Å². The Morgan fingerprint density at radius 3 is 2.57 bits per heavy atom. The van der Waals surface area contributed by atoms with Crippen molar-refractivity contribution in [2.24, 2.45) is 0 Å². The molecule has 1 N–H and O–H groups in total. The predicted molar refractivity (Wildman–Crippen MR) is 64.6 cm³/mol. The summed E-state index contributed by atoms with van der Waals surface area (Å²) in [5, 5.41) is 10.8. The molecule has 1 aromatic carbocycles. The molecule has 76 valence electrons. The van der Waals surface area contributed by atoms with Crippen molar-refractivity contribution in [3.8, 4) is 0 Å². The lowest BCUT2D eigenvalue weighted by molar-refractivity contribution is 0.0427. The van der Waals surface area contributed by atoms with Crippen molar-refractivity contribution in [2.75, 3.05) is 5.75 Å². The molecule has 0 unspecified atom stereocenters. The highest BCUT2D eigenvalue weighted by Gasteiger charge is 2.40. The van der Waals surface area contributed by atoms with E-state index in [4.69, 9.17) is 0 Å². The van der Waals surface area contributed by atoms with Crippen LogP contribution in [0, 0.1) is 0 Å². The van der Waals surface area contributed by atoms with Gasteiger partial charge in [-0.1, -0.05) is 35.0 Å².